The Morgan fingerprint density at radius 2 is 2.11 bits per heavy atom. The molecule has 1 aromatic rings. The zero-order valence-electron chi connectivity index (χ0n) is 10.5. The van der Waals surface area contributed by atoms with Gasteiger partial charge in [0.2, 0.25) is 10.0 Å². The van der Waals surface area contributed by atoms with Crippen molar-refractivity contribution in [3.8, 4) is 0 Å². The molecule has 0 aliphatic carbocycles. The van der Waals surface area contributed by atoms with Gasteiger partial charge in [-0.05, 0) is 41.1 Å². The second-order valence-electron chi connectivity index (χ2n) is 4.07. The van der Waals surface area contributed by atoms with Crippen molar-refractivity contribution < 1.29 is 8.42 Å². The number of halogens is 1. The standard InChI is InChI=1S/C12H17BrN2O2S/c1-4-15(8-9(2)3)18(16,17)10-5-6-11(13)12(14)7-10/h5-7H,2,4,8,14H2,1,3H3. The molecule has 1 rings (SSSR count). The van der Waals surface area contributed by atoms with E-state index in [0.717, 1.165) is 5.57 Å². The molecular weight excluding hydrogens is 316 g/mol. The molecule has 0 aliphatic heterocycles. The second kappa shape index (κ2) is 5.86. The predicted octanol–water partition coefficient (Wildman–Crippen LogP) is 2.62. The molecule has 1 aromatic carbocycles. The van der Waals surface area contributed by atoms with Crippen LogP contribution in [0.25, 0.3) is 0 Å². The number of nitrogens with zero attached hydrogens (tertiary/aromatic N) is 1. The van der Waals surface area contributed by atoms with Crippen molar-refractivity contribution in [1.29, 1.82) is 0 Å². The average molecular weight is 333 g/mol. The maximum absolute atomic E-state index is 12.4. The number of benzene rings is 1. The molecule has 4 nitrogen and oxygen atoms in total. The van der Waals surface area contributed by atoms with E-state index in [9.17, 15) is 8.42 Å². The lowest BCUT2D eigenvalue weighted by Crippen LogP contribution is -2.32. The van der Waals surface area contributed by atoms with E-state index in [1.807, 2.05) is 0 Å². The van der Waals surface area contributed by atoms with E-state index < -0.39 is 10.0 Å². The molecule has 0 aromatic heterocycles. The van der Waals surface area contributed by atoms with Crippen LogP contribution in [0, 0.1) is 0 Å². The zero-order chi connectivity index (χ0) is 13.9. The first kappa shape index (κ1) is 15.2. The minimum Gasteiger partial charge on any atom is -0.398 e. The summed E-state index contributed by atoms with van der Waals surface area (Å²) in [6, 6.07) is 4.63. The lowest BCUT2D eigenvalue weighted by atomic mass is 10.3. The van der Waals surface area contributed by atoms with Crippen molar-refractivity contribution in [3.63, 3.8) is 0 Å². The molecule has 0 bridgehead atoms. The minimum atomic E-state index is -3.51. The Morgan fingerprint density at radius 3 is 2.56 bits per heavy atom. The smallest absolute Gasteiger partial charge is 0.243 e. The molecule has 0 saturated carbocycles. The largest absolute Gasteiger partial charge is 0.398 e. The molecule has 0 amide bonds. The Hall–Kier alpha value is -0.850. The van der Waals surface area contributed by atoms with Crippen LogP contribution in [0.5, 0.6) is 0 Å². The number of hydrogen-bond donors (Lipinski definition) is 1. The second-order valence-corrected chi connectivity index (χ2v) is 6.86. The van der Waals surface area contributed by atoms with Crippen LogP contribution < -0.4 is 5.73 Å². The molecular formula is C12H17BrN2O2S. The zero-order valence-corrected chi connectivity index (χ0v) is 12.9. The van der Waals surface area contributed by atoms with Crippen LogP contribution in [0.2, 0.25) is 0 Å². The first-order valence-corrected chi connectivity index (χ1v) is 7.72. The summed E-state index contributed by atoms with van der Waals surface area (Å²) in [6.07, 6.45) is 0. The van der Waals surface area contributed by atoms with Gasteiger partial charge in [0.15, 0.2) is 0 Å². The van der Waals surface area contributed by atoms with Gasteiger partial charge in [-0.2, -0.15) is 4.31 Å². The highest BCUT2D eigenvalue weighted by Gasteiger charge is 2.23. The SMILES string of the molecule is C=C(C)CN(CC)S(=O)(=O)c1ccc(Br)c(N)c1. The molecule has 2 N–H and O–H groups in total. The third-order valence-corrected chi connectivity index (χ3v) is 5.04. The van der Waals surface area contributed by atoms with Crippen LogP contribution in [0.1, 0.15) is 13.8 Å². The number of nitrogens with two attached hydrogens (primary N) is 1. The first-order chi connectivity index (χ1) is 8.28. The number of hydrogen-bond acceptors (Lipinski definition) is 3. The highest BCUT2D eigenvalue weighted by atomic mass is 79.9. The predicted molar refractivity (Wildman–Crippen MR) is 77.8 cm³/mol. The van der Waals surface area contributed by atoms with Gasteiger partial charge in [0, 0.05) is 23.2 Å². The fraction of sp³-hybridized carbons (Fsp3) is 0.333. The van der Waals surface area contributed by atoms with Crippen LogP contribution in [-0.4, -0.2) is 25.8 Å². The minimum absolute atomic E-state index is 0.200. The van der Waals surface area contributed by atoms with Gasteiger partial charge in [0.05, 0.1) is 4.90 Å². The summed E-state index contributed by atoms with van der Waals surface area (Å²) < 4.78 is 26.8. The molecule has 0 fully saturated rings. The Bertz CT molecular complexity index is 555. The molecule has 18 heavy (non-hydrogen) atoms. The molecule has 0 saturated heterocycles. The van der Waals surface area contributed by atoms with E-state index in [-0.39, 0.29) is 4.90 Å². The first-order valence-electron chi connectivity index (χ1n) is 5.48. The number of nitrogen functional groups attached to an aromatic ring is 1. The van der Waals surface area contributed by atoms with Gasteiger partial charge < -0.3 is 5.73 Å². The maximum Gasteiger partial charge on any atom is 0.243 e. The van der Waals surface area contributed by atoms with E-state index in [1.165, 1.54) is 16.4 Å². The summed E-state index contributed by atoms with van der Waals surface area (Å²) in [4.78, 5) is 0.200. The van der Waals surface area contributed by atoms with Crippen LogP contribution in [-0.2, 0) is 10.0 Å². The fourth-order valence-corrected chi connectivity index (χ4v) is 3.29. The van der Waals surface area contributed by atoms with Crippen LogP contribution in [0.15, 0.2) is 39.7 Å². The summed E-state index contributed by atoms with van der Waals surface area (Å²) >= 11 is 3.24. The summed E-state index contributed by atoms with van der Waals surface area (Å²) in [5, 5.41) is 0. The summed E-state index contributed by atoms with van der Waals surface area (Å²) in [7, 11) is -3.51. The topological polar surface area (TPSA) is 63.4 Å². The van der Waals surface area contributed by atoms with Gasteiger partial charge in [0.1, 0.15) is 0 Å². The van der Waals surface area contributed by atoms with Crippen molar-refractivity contribution in [1.82, 2.24) is 4.31 Å². The quantitative estimate of drug-likeness (QED) is 0.665. The van der Waals surface area contributed by atoms with Crippen molar-refractivity contribution in [2.24, 2.45) is 0 Å². The molecule has 0 atom stereocenters. The van der Waals surface area contributed by atoms with E-state index >= 15 is 0 Å². The van der Waals surface area contributed by atoms with Gasteiger partial charge in [-0.15, -0.1) is 0 Å². The highest BCUT2D eigenvalue weighted by molar-refractivity contribution is 9.10. The molecule has 0 heterocycles. The Kier molecular flexibility index (Phi) is 4.95. The van der Waals surface area contributed by atoms with Crippen LogP contribution in [0.4, 0.5) is 5.69 Å². The average Bonchev–Trinajstić information content (AvgIpc) is 2.28. The van der Waals surface area contributed by atoms with E-state index in [1.54, 1.807) is 19.9 Å². The number of likely N-dealkylation sites (N-methyl/N-ethyl adjacent to an activating group) is 1. The number of anilines is 1. The van der Waals surface area contributed by atoms with Gasteiger partial charge in [0.25, 0.3) is 0 Å². The summed E-state index contributed by atoms with van der Waals surface area (Å²) in [5.74, 6) is 0. The van der Waals surface area contributed by atoms with Crippen LogP contribution >= 0.6 is 15.9 Å². The lowest BCUT2D eigenvalue weighted by Gasteiger charge is -2.20. The van der Waals surface area contributed by atoms with E-state index in [4.69, 9.17) is 5.73 Å². The van der Waals surface area contributed by atoms with Crippen molar-refractivity contribution >= 4 is 31.6 Å². The number of rotatable bonds is 5. The Morgan fingerprint density at radius 1 is 1.50 bits per heavy atom. The van der Waals surface area contributed by atoms with Crippen molar-refractivity contribution in [2.75, 3.05) is 18.8 Å². The maximum atomic E-state index is 12.4. The van der Waals surface area contributed by atoms with Gasteiger partial charge in [-0.1, -0.05) is 19.1 Å². The third-order valence-electron chi connectivity index (χ3n) is 2.40. The van der Waals surface area contributed by atoms with Gasteiger partial charge in [-0.25, -0.2) is 8.42 Å². The molecule has 0 spiro atoms. The van der Waals surface area contributed by atoms with Crippen LogP contribution in [0.3, 0.4) is 0 Å². The summed E-state index contributed by atoms with van der Waals surface area (Å²) in [6.45, 7) is 8.05. The monoisotopic (exact) mass is 332 g/mol. The molecule has 0 unspecified atom stereocenters. The normalized spacial score (nSPS) is 11.8. The Balaban J connectivity index is 3.18. The third kappa shape index (κ3) is 3.34. The Labute approximate surface area is 117 Å². The fourth-order valence-electron chi connectivity index (χ4n) is 1.50. The lowest BCUT2D eigenvalue weighted by molar-refractivity contribution is 0.453. The van der Waals surface area contributed by atoms with Crippen molar-refractivity contribution in [2.45, 2.75) is 18.7 Å². The van der Waals surface area contributed by atoms with E-state index in [2.05, 4.69) is 22.5 Å². The van der Waals surface area contributed by atoms with Crippen molar-refractivity contribution in [3.05, 3.63) is 34.8 Å². The van der Waals surface area contributed by atoms with Gasteiger partial charge >= 0.3 is 0 Å². The summed E-state index contributed by atoms with van der Waals surface area (Å²) in [5.41, 5.74) is 6.91. The molecule has 0 radical (unpaired) electrons. The number of sulfonamides is 1. The molecule has 100 valence electrons. The molecule has 0 aliphatic rings. The van der Waals surface area contributed by atoms with Gasteiger partial charge in [-0.3, -0.25) is 0 Å². The highest BCUT2D eigenvalue weighted by Crippen LogP contribution is 2.25. The van der Waals surface area contributed by atoms with E-state index in [0.29, 0.717) is 23.2 Å². The molecule has 6 heteroatoms.